The number of carbonyl (C=O) groups is 1. The van der Waals surface area contributed by atoms with E-state index in [1.165, 1.54) is 24.0 Å². The van der Waals surface area contributed by atoms with E-state index >= 15 is 0 Å². The lowest BCUT2D eigenvalue weighted by Crippen LogP contribution is -2.54. The zero-order valence-electron chi connectivity index (χ0n) is 17.0. The van der Waals surface area contributed by atoms with Gasteiger partial charge in [-0.1, -0.05) is 41.9 Å². The van der Waals surface area contributed by atoms with Gasteiger partial charge in [-0.3, -0.25) is 4.79 Å². The first kappa shape index (κ1) is 22.4. The molecule has 2 aromatic carbocycles. The van der Waals surface area contributed by atoms with Gasteiger partial charge in [-0.2, -0.15) is 13.2 Å². The van der Waals surface area contributed by atoms with Crippen LogP contribution in [-0.2, 0) is 12.7 Å². The molecule has 2 heterocycles. The van der Waals surface area contributed by atoms with Crippen molar-refractivity contribution in [3.05, 3.63) is 81.9 Å². The molecule has 0 radical (unpaired) electrons. The van der Waals surface area contributed by atoms with Crippen LogP contribution in [0.25, 0.3) is 11.1 Å². The van der Waals surface area contributed by atoms with Gasteiger partial charge in [-0.15, -0.1) is 0 Å². The van der Waals surface area contributed by atoms with Gasteiger partial charge in [0.15, 0.2) is 0 Å². The topological polar surface area (TPSA) is 45.5 Å². The van der Waals surface area contributed by atoms with Gasteiger partial charge in [0, 0.05) is 35.8 Å². The lowest BCUT2D eigenvalue weighted by atomic mass is 9.99. The van der Waals surface area contributed by atoms with Gasteiger partial charge in [0.25, 0.3) is 5.91 Å². The van der Waals surface area contributed by atoms with E-state index in [1.807, 2.05) is 0 Å². The van der Waals surface area contributed by atoms with Gasteiger partial charge < -0.3 is 14.6 Å². The number of aliphatic hydroxyl groups is 1. The van der Waals surface area contributed by atoms with E-state index in [1.54, 1.807) is 30.3 Å². The molecule has 0 spiro atoms. The zero-order chi connectivity index (χ0) is 23.2. The molecule has 1 aliphatic heterocycles. The monoisotopic (exact) mass is 466 g/mol. The highest BCUT2D eigenvalue weighted by Crippen LogP contribution is 2.43. The van der Waals surface area contributed by atoms with Crippen molar-refractivity contribution >= 4 is 17.5 Å². The Hall–Kier alpha value is -2.84. The Morgan fingerprint density at radius 1 is 1.16 bits per heavy atom. The number of benzene rings is 2. The number of hydrogen-bond acceptors (Lipinski definition) is 2. The van der Waals surface area contributed by atoms with Crippen LogP contribution >= 0.6 is 11.6 Å². The average Bonchev–Trinajstić information content (AvgIpc) is 2.98. The van der Waals surface area contributed by atoms with Crippen LogP contribution in [0.3, 0.4) is 0 Å². The van der Waals surface area contributed by atoms with Gasteiger partial charge in [-0.05, 0) is 36.2 Å². The highest BCUT2D eigenvalue weighted by Gasteiger charge is 2.43. The van der Waals surface area contributed by atoms with Gasteiger partial charge in [0.1, 0.15) is 17.2 Å². The number of alkyl halides is 3. The standard InChI is InChI=1S/C23H19ClF4N2O2/c1-13-19(17-8-7-15(24)9-18(17)25)20(22(32)29-11-16(31)12-29)30(21(13)23(26,27)28)10-14-5-3-2-4-6-14/h2-9,16,31H,10-12H2,1H3. The third-order valence-electron chi connectivity index (χ3n) is 5.51. The van der Waals surface area contributed by atoms with Crippen LogP contribution < -0.4 is 0 Å². The molecule has 168 valence electrons. The number of aromatic nitrogens is 1. The number of halogens is 5. The second kappa shape index (κ2) is 8.26. The van der Waals surface area contributed by atoms with Crippen molar-refractivity contribution < 1.29 is 27.5 Å². The van der Waals surface area contributed by atoms with Crippen LogP contribution in [0.15, 0.2) is 48.5 Å². The summed E-state index contributed by atoms with van der Waals surface area (Å²) in [5.74, 6) is -1.53. The first-order valence-electron chi connectivity index (χ1n) is 9.85. The Bertz CT molecular complexity index is 1170. The molecule has 1 aromatic heterocycles. The van der Waals surface area contributed by atoms with Crippen LogP contribution in [0.5, 0.6) is 0 Å². The van der Waals surface area contributed by atoms with Gasteiger partial charge in [0.05, 0.1) is 6.10 Å². The molecule has 32 heavy (non-hydrogen) atoms. The molecule has 1 N–H and O–H groups in total. The van der Waals surface area contributed by atoms with E-state index in [2.05, 4.69) is 0 Å². The van der Waals surface area contributed by atoms with Crippen molar-refractivity contribution in [2.75, 3.05) is 13.1 Å². The molecule has 1 aliphatic rings. The Labute approximate surface area is 186 Å². The largest absolute Gasteiger partial charge is 0.431 e. The smallest absolute Gasteiger partial charge is 0.389 e. The number of carbonyl (C=O) groups excluding carboxylic acids is 1. The third-order valence-corrected chi connectivity index (χ3v) is 5.75. The molecule has 4 nitrogen and oxygen atoms in total. The molecule has 9 heteroatoms. The quantitative estimate of drug-likeness (QED) is 0.541. The molecule has 4 rings (SSSR count). The summed E-state index contributed by atoms with van der Waals surface area (Å²) in [5.41, 5.74) is -1.27. The highest BCUT2D eigenvalue weighted by molar-refractivity contribution is 6.30. The summed E-state index contributed by atoms with van der Waals surface area (Å²) in [4.78, 5) is 14.6. The summed E-state index contributed by atoms with van der Waals surface area (Å²) in [6, 6.07) is 12.0. The Morgan fingerprint density at radius 2 is 1.81 bits per heavy atom. The normalized spacial score (nSPS) is 14.5. The molecule has 3 aromatic rings. The maximum atomic E-state index is 14.8. The van der Waals surface area contributed by atoms with Crippen LogP contribution in [0.1, 0.15) is 27.3 Å². The fourth-order valence-corrected chi connectivity index (χ4v) is 4.21. The number of aliphatic hydroxyl groups excluding tert-OH is 1. The molecular weight excluding hydrogens is 448 g/mol. The van der Waals surface area contributed by atoms with Crippen molar-refractivity contribution in [1.82, 2.24) is 9.47 Å². The molecule has 0 aliphatic carbocycles. The summed E-state index contributed by atoms with van der Waals surface area (Å²) in [6.45, 7) is 0.995. The predicted octanol–water partition coefficient (Wildman–Crippen LogP) is 5.14. The third kappa shape index (κ3) is 4.00. The van der Waals surface area contributed by atoms with Crippen molar-refractivity contribution in [1.29, 1.82) is 0 Å². The Morgan fingerprint density at radius 3 is 2.38 bits per heavy atom. The molecule has 1 saturated heterocycles. The molecule has 1 fully saturated rings. The minimum atomic E-state index is -4.79. The van der Waals surface area contributed by atoms with E-state index in [0.29, 0.717) is 5.56 Å². The minimum absolute atomic E-state index is 0.00170. The molecule has 0 unspecified atom stereocenters. The zero-order valence-corrected chi connectivity index (χ0v) is 17.7. The second-order valence-electron chi connectivity index (χ2n) is 7.75. The van der Waals surface area contributed by atoms with Crippen LogP contribution in [0, 0.1) is 12.7 Å². The van der Waals surface area contributed by atoms with Gasteiger partial charge in [-0.25, -0.2) is 4.39 Å². The SMILES string of the molecule is Cc1c(-c2ccc(Cl)cc2F)c(C(=O)N2CC(O)C2)n(Cc2ccccc2)c1C(F)(F)F. The number of rotatable bonds is 4. The summed E-state index contributed by atoms with van der Waals surface area (Å²) < 4.78 is 58.4. The predicted molar refractivity (Wildman–Crippen MR) is 112 cm³/mol. The lowest BCUT2D eigenvalue weighted by molar-refractivity contribution is -0.143. The fraction of sp³-hybridized carbons (Fsp3) is 0.261. The Balaban J connectivity index is 2.00. The number of β-amino-alcohol motifs (C(OH)–C–C–N with tert-alkyl or cyclic N) is 1. The number of amides is 1. The van der Waals surface area contributed by atoms with E-state index in [-0.39, 0.29) is 47.0 Å². The molecule has 0 atom stereocenters. The number of nitrogens with zero attached hydrogens (tertiary/aromatic N) is 2. The van der Waals surface area contributed by atoms with Crippen molar-refractivity contribution in [3.8, 4) is 11.1 Å². The first-order valence-corrected chi connectivity index (χ1v) is 10.2. The first-order chi connectivity index (χ1) is 15.1. The van der Waals surface area contributed by atoms with E-state index in [4.69, 9.17) is 11.6 Å². The Kier molecular flexibility index (Phi) is 5.77. The fourth-order valence-electron chi connectivity index (χ4n) is 4.05. The van der Waals surface area contributed by atoms with Gasteiger partial charge >= 0.3 is 6.18 Å². The molecular formula is C23H19ClF4N2O2. The summed E-state index contributed by atoms with van der Waals surface area (Å²) in [6.07, 6.45) is -5.53. The van der Waals surface area contributed by atoms with Crippen LogP contribution in [0.4, 0.5) is 17.6 Å². The highest BCUT2D eigenvalue weighted by atomic mass is 35.5. The summed E-state index contributed by atoms with van der Waals surface area (Å²) in [7, 11) is 0. The summed E-state index contributed by atoms with van der Waals surface area (Å²) in [5, 5.41) is 9.70. The maximum Gasteiger partial charge on any atom is 0.431 e. The summed E-state index contributed by atoms with van der Waals surface area (Å²) >= 11 is 5.83. The number of likely N-dealkylation sites (tertiary alicyclic amines) is 1. The minimum Gasteiger partial charge on any atom is -0.389 e. The van der Waals surface area contributed by atoms with E-state index < -0.39 is 29.7 Å². The van der Waals surface area contributed by atoms with E-state index in [0.717, 1.165) is 10.6 Å². The van der Waals surface area contributed by atoms with Gasteiger partial charge in [0.2, 0.25) is 0 Å². The molecule has 1 amide bonds. The number of hydrogen-bond donors (Lipinski definition) is 1. The molecule has 0 saturated carbocycles. The van der Waals surface area contributed by atoms with Crippen molar-refractivity contribution in [3.63, 3.8) is 0 Å². The second-order valence-corrected chi connectivity index (χ2v) is 8.19. The lowest BCUT2D eigenvalue weighted by Gasteiger charge is -2.36. The van der Waals surface area contributed by atoms with Crippen molar-refractivity contribution in [2.24, 2.45) is 0 Å². The van der Waals surface area contributed by atoms with E-state index in [9.17, 15) is 27.5 Å². The molecule has 0 bridgehead atoms. The average molecular weight is 467 g/mol. The van der Waals surface area contributed by atoms with Crippen LogP contribution in [-0.4, -0.2) is 39.7 Å². The maximum absolute atomic E-state index is 14.8. The van der Waals surface area contributed by atoms with Crippen LogP contribution in [0.2, 0.25) is 5.02 Å². The van der Waals surface area contributed by atoms with Crippen molar-refractivity contribution in [2.45, 2.75) is 25.7 Å².